The predicted octanol–water partition coefficient (Wildman–Crippen LogP) is 5.12. The summed E-state index contributed by atoms with van der Waals surface area (Å²) in [5.41, 5.74) is 5.13. The summed E-state index contributed by atoms with van der Waals surface area (Å²) in [5.74, 6) is 0.919. The number of aryl methyl sites for hydroxylation is 4. The van der Waals surface area contributed by atoms with E-state index >= 15 is 0 Å². The van der Waals surface area contributed by atoms with E-state index in [0.717, 1.165) is 28.2 Å². The van der Waals surface area contributed by atoms with Crippen LogP contribution in [0.15, 0.2) is 42.5 Å². The van der Waals surface area contributed by atoms with E-state index in [0.29, 0.717) is 22.4 Å². The van der Waals surface area contributed by atoms with Crippen molar-refractivity contribution in [2.45, 2.75) is 27.7 Å². The summed E-state index contributed by atoms with van der Waals surface area (Å²) in [4.78, 5) is 20.9. The molecule has 0 aliphatic heterocycles. The Morgan fingerprint density at radius 2 is 1.48 bits per heavy atom. The van der Waals surface area contributed by atoms with Crippen molar-refractivity contribution in [3.8, 4) is 5.75 Å². The number of hydrogen-bond acceptors (Lipinski definition) is 5. The lowest BCUT2D eigenvalue weighted by Gasteiger charge is -2.11. The third kappa shape index (κ3) is 5.68. The second kappa shape index (κ2) is 8.92. The third-order valence-electron chi connectivity index (χ3n) is 4.19. The normalized spacial score (nSPS) is 10.5. The predicted molar refractivity (Wildman–Crippen MR) is 116 cm³/mol. The fraction of sp³-hybridized carbons (Fsp3) is 0.227. The smallest absolute Gasteiger partial charge is 0.262 e. The minimum absolute atomic E-state index is 0.0864. The molecule has 29 heavy (non-hydrogen) atoms. The average molecular weight is 411 g/mol. The monoisotopic (exact) mass is 410 g/mol. The summed E-state index contributed by atoms with van der Waals surface area (Å²) in [5, 5.41) is 6.68. The van der Waals surface area contributed by atoms with Crippen LogP contribution in [0.5, 0.6) is 5.75 Å². The molecule has 1 heterocycles. The molecule has 0 saturated heterocycles. The van der Waals surface area contributed by atoms with Crippen LogP contribution in [0.3, 0.4) is 0 Å². The van der Waals surface area contributed by atoms with Gasteiger partial charge in [0.25, 0.3) is 5.91 Å². The Morgan fingerprint density at radius 1 is 0.931 bits per heavy atom. The minimum Gasteiger partial charge on any atom is -0.484 e. The summed E-state index contributed by atoms with van der Waals surface area (Å²) in [6.07, 6.45) is 0. The van der Waals surface area contributed by atoms with Crippen molar-refractivity contribution in [1.29, 1.82) is 0 Å². The van der Waals surface area contributed by atoms with E-state index in [4.69, 9.17) is 16.3 Å². The molecule has 150 valence electrons. The van der Waals surface area contributed by atoms with Crippen LogP contribution >= 0.6 is 11.6 Å². The Morgan fingerprint density at radius 3 is 2.07 bits per heavy atom. The number of amides is 1. The summed E-state index contributed by atoms with van der Waals surface area (Å²) >= 11 is 6.15. The molecule has 6 nitrogen and oxygen atoms in total. The van der Waals surface area contributed by atoms with Gasteiger partial charge in [-0.2, -0.15) is 0 Å². The van der Waals surface area contributed by atoms with Gasteiger partial charge in [0.1, 0.15) is 5.75 Å². The van der Waals surface area contributed by atoms with Gasteiger partial charge >= 0.3 is 0 Å². The summed E-state index contributed by atoms with van der Waals surface area (Å²) in [6.45, 7) is 7.57. The molecule has 3 aromatic rings. The van der Waals surface area contributed by atoms with Gasteiger partial charge in [-0.1, -0.05) is 11.6 Å². The maximum absolute atomic E-state index is 12.2. The van der Waals surface area contributed by atoms with Gasteiger partial charge in [-0.25, -0.2) is 9.97 Å². The van der Waals surface area contributed by atoms with Crippen molar-refractivity contribution in [2.75, 3.05) is 17.2 Å². The highest BCUT2D eigenvalue weighted by Crippen LogP contribution is 2.26. The van der Waals surface area contributed by atoms with E-state index in [1.54, 1.807) is 12.1 Å². The Hall–Kier alpha value is -3.12. The first-order valence-corrected chi connectivity index (χ1v) is 9.57. The van der Waals surface area contributed by atoms with Gasteiger partial charge in [0, 0.05) is 27.8 Å². The molecule has 0 saturated carbocycles. The van der Waals surface area contributed by atoms with Gasteiger partial charge in [0.15, 0.2) is 6.61 Å². The maximum atomic E-state index is 12.2. The average Bonchev–Trinajstić information content (AvgIpc) is 2.65. The number of aromatic nitrogens is 2. The quantitative estimate of drug-likeness (QED) is 0.589. The van der Waals surface area contributed by atoms with Gasteiger partial charge in [0.2, 0.25) is 5.95 Å². The second-order valence-corrected chi connectivity index (χ2v) is 7.26. The highest BCUT2D eigenvalue weighted by Gasteiger charge is 2.07. The van der Waals surface area contributed by atoms with Gasteiger partial charge < -0.3 is 15.4 Å². The van der Waals surface area contributed by atoms with Gasteiger partial charge in [-0.15, -0.1) is 0 Å². The molecule has 0 unspecified atom stereocenters. The first-order chi connectivity index (χ1) is 13.8. The molecule has 3 rings (SSSR count). The largest absolute Gasteiger partial charge is 0.484 e. The Bertz CT molecular complexity index is 992. The van der Waals surface area contributed by atoms with Crippen LogP contribution in [-0.4, -0.2) is 22.5 Å². The van der Waals surface area contributed by atoms with E-state index in [-0.39, 0.29) is 12.5 Å². The first-order valence-electron chi connectivity index (χ1n) is 9.19. The van der Waals surface area contributed by atoms with Crippen molar-refractivity contribution >= 4 is 34.8 Å². The molecule has 0 bridgehead atoms. The fourth-order valence-corrected chi connectivity index (χ4v) is 2.99. The number of carbonyl (C=O) groups excluding carboxylic acids is 1. The van der Waals surface area contributed by atoms with Crippen LogP contribution in [0, 0.1) is 27.7 Å². The fourth-order valence-electron chi connectivity index (χ4n) is 2.88. The molecule has 7 heteroatoms. The lowest BCUT2D eigenvalue weighted by Crippen LogP contribution is -2.20. The van der Waals surface area contributed by atoms with Crippen LogP contribution in [0.4, 0.5) is 17.3 Å². The van der Waals surface area contributed by atoms with Crippen molar-refractivity contribution in [3.63, 3.8) is 0 Å². The zero-order chi connectivity index (χ0) is 21.0. The van der Waals surface area contributed by atoms with Crippen LogP contribution < -0.4 is 15.4 Å². The number of hydrogen-bond donors (Lipinski definition) is 2. The molecule has 1 amide bonds. The number of ether oxygens (including phenoxy) is 1. The standard InChI is InChI=1S/C22H23ClN4O2/c1-13-9-19(10-14(2)21(13)23)29-12-20(28)26-17-5-7-18(8-6-17)27-22-24-15(3)11-16(4)25-22/h5-11H,12H2,1-4H3,(H,26,28)(H,24,25,27). The number of rotatable bonds is 6. The van der Waals surface area contributed by atoms with Crippen LogP contribution in [0.25, 0.3) is 0 Å². The molecule has 2 aromatic carbocycles. The summed E-state index contributed by atoms with van der Waals surface area (Å²) < 4.78 is 5.58. The van der Waals surface area contributed by atoms with E-state index in [9.17, 15) is 4.79 Å². The summed E-state index contributed by atoms with van der Waals surface area (Å²) in [6, 6.07) is 12.9. The molecular formula is C22H23ClN4O2. The SMILES string of the molecule is Cc1cc(C)nc(Nc2ccc(NC(=O)COc3cc(C)c(Cl)c(C)c3)cc2)n1. The Kier molecular flexibility index (Phi) is 6.34. The van der Waals surface area contributed by atoms with Gasteiger partial charge in [-0.3, -0.25) is 4.79 Å². The molecule has 0 atom stereocenters. The molecular weight excluding hydrogens is 388 g/mol. The molecule has 0 aliphatic rings. The molecule has 0 aliphatic carbocycles. The molecule has 0 fully saturated rings. The number of benzene rings is 2. The highest BCUT2D eigenvalue weighted by molar-refractivity contribution is 6.32. The number of nitrogens with one attached hydrogen (secondary N) is 2. The zero-order valence-electron chi connectivity index (χ0n) is 16.8. The van der Waals surface area contributed by atoms with Gasteiger partial charge in [0.05, 0.1) is 0 Å². The Labute approximate surface area is 175 Å². The maximum Gasteiger partial charge on any atom is 0.262 e. The van der Waals surface area contributed by atoms with E-state index in [2.05, 4.69) is 20.6 Å². The lowest BCUT2D eigenvalue weighted by molar-refractivity contribution is -0.118. The number of nitrogens with zero attached hydrogens (tertiary/aromatic N) is 2. The van der Waals surface area contributed by atoms with Crippen LogP contribution in [-0.2, 0) is 4.79 Å². The first kappa shape index (κ1) is 20.6. The molecule has 0 spiro atoms. The number of carbonyl (C=O) groups is 1. The number of anilines is 3. The molecule has 0 radical (unpaired) electrons. The van der Waals surface area contributed by atoms with Crippen molar-refractivity contribution < 1.29 is 9.53 Å². The highest BCUT2D eigenvalue weighted by atomic mass is 35.5. The van der Waals surface area contributed by atoms with E-state index in [1.807, 2.05) is 58.0 Å². The van der Waals surface area contributed by atoms with Crippen LogP contribution in [0.2, 0.25) is 5.02 Å². The van der Waals surface area contributed by atoms with Crippen LogP contribution in [0.1, 0.15) is 22.5 Å². The van der Waals surface area contributed by atoms with E-state index < -0.39 is 0 Å². The zero-order valence-corrected chi connectivity index (χ0v) is 17.6. The summed E-state index contributed by atoms with van der Waals surface area (Å²) in [7, 11) is 0. The molecule has 1 aromatic heterocycles. The lowest BCUT2D eigenvalue weighted by atomic mass is 10.1. The Balaban J connectivity index is 1.56. The third-order valence-corrected chi connectivity index (χ3v) is 4.78. The molecule has 2 N–H and O–H groups in total. The topological polar surface area (TPSA) is 76.1 Å². The number of halogens is 1. The van der Waals surface area contributed by atoms with Crippen molar-refractivity contribution in [3.05, 3.63) is 70.0 Å². The van der Waals surface area contributed by atoms with Crippen molar-refractivity contribution in [2.24, 2.45) is 0 Å². The van der Waals surface area contributed by atoms with E-state index in [1.165, 1.54) is 0 Å². The minimum atomic E-state index is -0.242. The second-order valence-electron chi connectivity index (χ2n) is 6.88. The van der Waals surface area contributed by atoms with Crippen molar-refractivity contribution in [1.82, 2.24) is 9.97 Å². The van der Waals surface area contributed by atoms with Gasteiger partial charge in [-0.05, 0) is 81.3 Å².